The zero-order valence-electron chi connectivity index (χ0n) is 8.49. The lowest BCUT2D eigenvalue weighted by atomic mass is 10.2. The number of aliphatic carboxylic acids is 2. The van der Waals surface area contributed by atoms with Crippen LogP contribution in [-0.2, 0) is 19.1 Å². The lowest BCUT2D eigenvalue weighted by Crippen LogP contribution is -2.44. The number of hydrogen-bond acceptors (Lipinski definition) is 6. The first-order valence-corrected chi connectivity index (χ1v) is 4.34. The first-order valence-electron chi connectivity index (χ1n) is 4.34. The van der Waals surface area contributed by atoms with Crippen LogP contribution in [0.2, 0.25) is 0 Å². The molecule has 0 saturated heterocycles. The van der Waals surface area contributed by atoms with Crippen molar-refractivity contribution in [2.45, 2.75) is 31.6 Å². The van der Waals surface area contributed by atoms with E-state index in [2.05, 4.69) is 4.74 Å². The number of rotatable bonds is 6. The van der Waals surface area contributed by atoms with Gasteiger partial charge in [0.25, 0.3) is 0 Å². The third-order valence-electron chi connectivity index (χ3n) is 1.69. The van der Waals surface area contributed by atoms with Gasteiger partial charge in [0.15, 0.2) is 0 Å². The highest BCUT2D eigenvalue weighted by atomic mass is 16.6. The van der Waals surface area contributed by atoms with Gasteiger partial charge in [0.05, 0.1) is 12.5 Å². The third kappa shape index (κ3) is 4.71. The zero-order chi connectivity index (χ0) is 12.9. The average molecular weight is 235 g/mol. The molecular weight excluding hydrogens is 222 g/mol. The third-order valence-corrected chi connectivity index (χ3v) is 1.69. The number of ether oxygens (including phenoxy) is 1. The summed E-state index contributed by atoms with van der Waals surface area (Å²) in [5.74, 6) is -4.18. The highest BCUT2D eigenvalue weighted by Gasteiger charge is 2.29. The van der Waals surface area contributed by atoms with Crippen LogP contribution >= 0.6 is 0 Å². The molecule has 0 aromatic heterocycles. The summed E-state index contributed by atoms with van der Waals surface area (Å²) in [6.07, 6.45) is -3.89. The van der Waals surface area contributed by atoms with Gasteiger partial charge in [-0.25, -0.2) is 4.79 Å². The van der Waals surface area contributed by atoms with Crippen molar-refractivity contribution < 1.29 is 34.4 Å². The van der Waals surface area contributed by atoms with Crippen molar-refractivity contribution in [2.24, 2.45) is 5.73 Å². The number of carbonyl (C=O) groups excluding carboxylic acids is 1. The number of aliphatic hydroxyl groups excluding tert-OH is 1. The standard InChI is InChI=1S/C8H13NO7/c1-3(10)6(9)8(15)16-4(7(13)14)2-5(11)12/h3-4,6,10H,2,9H2,1H3,(H,11,12)(H,13,14)/t3-,4?,6+/m1/s1. The molecule has 1 unspecified atom stereocenters. The van der Waals surface area contributed by atoms with E-state index in [0.29, 0.717) is 0 Å². The Bertz CT molecular complexity index is 288. The molecule has 0 rings (SSSR count). The molecule has 0 heterocycles. The van der Waals surface area contributed by atoms with Crippen LogP contribution in [0, 0.1) is 0 Å². The van der Waals surface area contributed by atoms with Crippen LogP contribution in [0.1, 0.15) is 13.3 Å². The van der Waals surface area contributed by atoms with Gasteiger partial charge in [-0.3, -0.25) is 9.59 Å². The summed E-state index contributed by atoms with van der Waals surface area (Å²) in [6.45, 7) is 1.22. The van der Waals surface area contributed by atoms with Crippen molar-refractivity contribution in [1.29, 1.82) is 0 Å². The van der Waals surface area contributed by atoms with Gasteiger partial charge in [-0.1, -0.05) is 0 Å². The van der Waals surface area contributed by atoms with E-state index < -0.39 is 42.6 Å². The van der Waals surface area contributed by atoms with Crippen LogP contribution in [0.15, 0.2) is 0 Å². The Morgan fingerprint density at radius 1 is 1.31 bits per heavy atom. The van der Waals surface area contributed by atoms with E-state index >= 15 is 0 Å². The number of carboxylic acid groups (broad SMARTS) is 2. The van der Waals surface area contributed by atoms with E-state index in [0.717, 1.165) is 0 Å². The van der Waals surface area contributed by atoms with E-state index in [9.17, 15) is 14.4 Å². The molecule has 0 radical (unpaired) electrons. The van der Waals surface area contributed by atoms with E-state index in [4.69, 9.17) is 21.1 Å². The first kappa shape index (κ1) is 14.3. The average Bonchev–Trinajstić information content (AvgIpc) is 2.14. The van der Waals surface area contributed by atoms with E-state index in [1.54, 1.807) is 0 Å². The normalized spacial score (nSPS) is 15.9. The molecule has 0 aliphatic heterocycles. The minimum atomic E-state index is -1.81. The smallest absolute Gasteiger partial charge is 0.345 e. The largest absolute Gasteiger partial charge is 0.481 e. The van der Waals surface area contributed by atoms with Gasteiger partial charge < -0.3 is 25.8 Å². The Morgan fingerprint density at radius 2 is 1.81 bits per heavy atom. The molecule has 0 aliphatic rings. The molecule has 0 bridgehead atoms. The zero-order valence-corrected chi connectivity index (χ0v) is 8.49. The van der Waals surface area contributed by atoms with Gasteiger partial charge in [-0.05, 0) is 6.92 Å². The number of carbonyl (C=O) groups is 3. The SMILES string of the molecule is C[C@@H](O)[C@H](N)C(=O)OC(CC(=O)O)C(=O)O. The van der Waals surface area contributed by atoms with Crippen molar-refractivity contribution in [3.63, 3.8) is 0 Å². The van der Waals surface area contributed by atoms with Crippen molar-refractivity contribution >= 4 is 17.9 Å². The molecule has 16 heavy (non-hydrogen) atoms. The van der Waals surface area contributed by atoms with Crippen LogP contribution in [0.25, 0.3) is 0 Å². The minimum absolute atomic E-state index is 0.867. The molecule has 0 aromatic rings. The molecule has 8 heteroatoms. The van der Waals surface area contributed by atoms with Crippen molar-refractivity contribution in [3.8, 4) is 0 Å². The van der Waals surface area contributed by atoms with E-state index in [-0.39, 0.29) is 0 Å². The highest BCUT2D eigenvalue weighted by molar-refractivity contribution is 5.84. The van der Waals surface area contributed by atoms with Crippen LogP contribution in [0.3, 0.4) is 0 Å². The molecule has 92 valence electrons. The van der Waals surface area contributed by atoms with Crippen LogP contribution in [0.4, 0.5) is 0 Å². The number of hydrogen-bond donors (Lipinski definition) is 4. The maximum absolute atomic E-state index is 11.1. The second-order valence-electron chi connectivity index (χ2n) is 3.13. The van der Waals surface area contributed by atoms with E-state index in [1.807, 2.05) is 0 Å². The van der Waals surface area contributed by atoms with Gasteiger partial charge in [-0.15, -0.1) is 0 Å². The second-order valence-corrected chi connectivity index (χ2v) is 3.13. The molecule has 8 nitrogen and oxygen atoms in total. The molecule has 3 atom stereocenters. The molecule has 0 amide bonds. The maximum Gasteiger partial charge on any atom is 0.345 e. The van der Waals surface area contributed by atoms with Crippen LogP contribution in [-0.4, -0.2) is 51.5 Å². The molecule has 5 N–H and O–H groups in total. The van der Waals surface area contributed by atoms with Gasteiger partial charge >= 0.3 is 17.9 Å². The first-order chi connectivity index (χ1) is 7.25. The Labute approximate surface area is 90.6 Å². The summed E-state index contributed by atoms with van der Waals surface area (Å²) in [6, 6.07) is -1.41. The number of aliphatic hydroxyl groups is 1. The topological polar surface area (TPSA) is 147 Å². The van der Waals surface area contributed by atoms with Crippen molar-refractivity contribution in [3.05, 3.63) is 0 Å². The van der Waals surface area contributed by atoms with Gasteiger partial charge in [0, 0.05) is 0 Å². The summed E-state index contributed by atoms with van der Waals surface area (Å²) in [5.41, 5.74) is 5.17. The molecule has 0 fully saturated rings. The predicted octanol–water partition coefficient (Wildman–Crippen LogP) is -1.83. The lowest BCUT2D eigenvalue weighted by molar-refractivity contribution is -0.169. The predicted molar refractivity (Wildman–Crippen MR) is 49.4 cm³/mol. The Hall–Kier alpha value is -1.67. The van der Waals surface area contributed by atoms with E-state index in [1.165, 1.54) is 6.92 Å². The summed E-state index contributed by atoms with van der Waals surface area (Å²) in [5, 5.41) is 25.8. The Kier molecular flexibility index (Phi) is 5.40. The molecule has 0 aliphatic carbocycles. The minimum Gasteiger partial charge on any atom is -0.481 e. The number of esters is 1. The Balaban J connectivity index is 4.46. The fourth-order valence-corrected chi connectivity index (χ4v) is 0.754. The monoisotopic (exact) mass is 235 g/mol. The fraction of sp³-hybridized carbons (Fsp3) is 0.625. The van der Waals surface area contributed by atoms with Gasteiger partial charge in [0.2, 0.25) is 6.10 Å². The molecule has 0 saturated carbocycles. The number of nitrogens with two attached hydrogens (primary N) is 1. The van der Waals surface area contributed by atoms with Crippen molar-refractivity contribution in [1.82, 2.24) is 0 Å². The highest BCUT2D eigenvalue weighted by Crippen LogP contribution is 2.03. The quantitative estimate of drug-likeness (QED) is 0.393. The second kappa shape index (κ2) is 6.03. The Morgan fingerprint density at radius 3 is 2.12 bits per heavy atom. The molecule has 0 aromatic carbocycles. The van der Waals surface area contributed by atoms with Gasteiger partial charge in [-0.2, -0.15) is 0 Å². The van der Waals surface area contributed by atoms with Crippen LogP contribution < -0.4 is 5.73 Å². The van der Waals surface area contributed by atoms with Crippen LogP contribution in [0.5, 0.6) is 0 Å². The molecule has 0 spiro atoms. The van der Waals surface area contributed by atoms with Crippen molar-refractivity contribution in [2.75, 3.05) is 0 Å². The lowest BCUT2D eigenvalue weighted by Gasteiger charge is -2.17. The summed E-state index contributed by atoms with van der Waals surface area (Å²) >= 11 is 0. The summed E-state index contributed by atoms with van der Waals surface area (Å²) < 4.78 is 4.34. The maximum atomic E-state index is 11.1. The van der Waals surface area contributed by atoms with Gasteiger partial charge in [0.1, 0.15) is 6.04 Å². The fourth-order valence-electron chi connectivity index (χ4n) is 0.754. The summed E-state index contributed by atoms with van der Waals surface area (Å²) in [4.78, 5) is 31.9. The number of carboxylic acids is 2. The molecular formula is C8H13NO7. The summed E-state index contributed by atoms with van der Waals surface area (Å²) in [7, 11) is 0.